The molecular formula is C26H26N4O4S2. The van der Waals surface area contributed by atoms with Crippen LogP contribution < -0.4 is 9.64 Å². The smallest absolute Gasteiger partial charge is 0.260 e. The number of aromatic nitrogens is 2. The molecule has 2 aromatic heterocycles. The molecule has 186 valence electrons. The van der Waals surface area contributed by atoms with Crippen molar-refractivity contribution >= 4 is 42.6 Å². The summed E-state index contributed by atoms with van der Waals surface area (Å²) in [5, 5.41) is 0.527. The molecule has 36 heavy (non-hydrogen) atoms. The van der Waals surface area contributed by atoms with Gasteiger partial charge in [0, 0.05) is 24.8 Å². The van der Waals surface area contributed by atoms with Crippen molar-refractivity contribution in [2.45, 2.75) is 30.7 Å². The summed E-state index contributed by atoms with van der Waals surface area (Å²) in [7, 11) is -1.97. The number of benzene rings is 2. The molecule has 10 heteroatoms. The molecule has 4 aromatic rings. The fourth-order valence-electron chi connectivity index (χ4n) is 4.19. The number of hydrogen-bond acceptors (Lipinski definition) is 7. The van der Waals surface area contributed by atoms with E-state index in [1.165, 1.54) is 27.8 Å². The van der Waals surface area contributed by atoms with Gasteiger partial charge in [0.2, 0.25) is 10.0 Å². The molecule has 0 radical (unpaired) electrons. The standard InChI is InChI=1S/C26H26N4O4S2/c1-34-21-10-13-23-24(17-21)35-26(28-23)30(18-20-7-3-4-14-27-20)25(31)19-8-11-22(12-9-19)36(32,33)29-15-5-2-6-16-29/h3-4,7-14,17H,2,5-6,15-16,18H2,1H3. The molecule has 1 saturated heterocycles. The monoisotopic (exact) mass is 522 g/mol. The Kier molecular flexibility index (Phi) is 6.99. The summed E-state index contributed by atoms with van der Waals surface area (Å²) in [5.74, 6) is 0.430. The number of anilines is 1. The maximum absolute atomic E-state index is 13.7. The molecule has 3 heterocycles. The number of carbonyl (C=O) groups excluding carboxylic acids is 1. The maximum Gasteiger partial charge on any atom is 0.260 e. The number of rotatable bonds is 7. The average molecular weight is 523 g/mol. The van der Waals surface area contributed by atoms with E-state index in [0.29, 0.717) is 35.2 Å². The molecule has 0 N–H and O–H groups in total. The molecule has 8 nitrogen and oxygen atoms in total. The van der Waals surface area contributed by atoms with Gasteiger partial charge < -0.3 is 4.74 Å². The lowest BCUT2D eigenvalue weighted by atomic mass is 10.2. The molecule has 2 aromatic carbocycles. The molecule has 0 atom stereocenters. The molecule has 1 aliphatic rings. The summed E-state index contributed by atoms with van der Waals surface area (Å²) in [5.41, 5.74) is 1.85. The van der Waals surface area contributed by atoms with Gasteiger partial charge in [-0.2, -0.15) is 4.31 Å². The first kappa shape index (κ1) is 24.4. The summed E-state index contributed by atoms with van der Waals surface area (Å²) < 4.78 is 33.8. The molecule has 0 aliphatic carbocycles. The van der Waals surface area contributed by atoms with Gasteiger partial charge in [0.25, 0.3) is 5.91 Å². The lowest BCUT2D eigenvalue weighted by Crippen LogP contribution is -2.35. The van der Waals surface area contributed by atoms with Crippen LogP contribution in [0.5, 0.6) is 5.75 Å². The van der Waals surface area contributed by atoms with Gasteiger partial charge in [-0.3, -0.25) is 14.7 Å². The Morgan fingerprint density at radius 3 is 2.53 bits per heavy atom. The molecule has 0 saturated carbocycles. The summed E-state index contributed by atoms with van der Waals surface area (Å²) in [4.78, 5) is 24.5. The second-order valence-electron chi connectivity index (χ2n) is 8.53. The van der Waals surface area contributed by atoms with E-state index in [0.717, 1.165) is 29.5 Å². The Balaban J connectivity index is 1.47. The summed E-state index contributed by atoms with van der Waals surface area (Å²) in [6, 6.07) is 17.3. The minimum Gasteiger partial charge on any atom is -0.497 e. The van der Waals surface area contributed by atoms with Gasteiger partial charge in [-0.15, -0.1) is 0 Å². The Morgan fingerprint density at radius 1 is 1.06 bits per heavy atom. The van der Waals surface area contributed by atoms with Crippen LogP contribution in [0.15, 0.2) is 71.8 Å². The number of sulfonamides is 1. The highest BCUT2D eigenvalue weighted by atomic mass is 32.2. The fourth-order valence-corrected chi connectivity index (χ4v) is 6.70. The third kappa shape index (κ3) is 4.97. The number of hydrogen-bond donors (Lipinski definition) is 0. The van der Waals surface area contributed by atoms with Crippen LogP contribution in [0.1, 0.15) is 35.3 Å². The van der Waals surface area contributed by atoms with E-state index in [1.54, 1.807) is 30.3 Å². The highest BCUT2D eigenvalue weighted by Crippen LogP contribution is 2.33. The first-order valence-corrected chi connectivity index (χ1v) is 14.0. The molecule has 0 bridgehead atoms. The van der Waals surface area contributed by atoms with E-state index < -0.39 is 10.0 Å². The third-order valence-electron chi connectivity index (χ3n) is 6.16. The van der Waals surface area contributed by atoms with Gasteiger partial charge in [0.15, 0.2) is 5.13 Å². The summed E-state index contributed by atoms with van der Waals surface area (Å²) >= 11 is 1.39. The van der Waals surface area contributed by atoms with E-state index in [2.05, 4.69) is 9.97 Å². The number of piperidine rings is 1. The molecule has 1 fully saturated rings. The van der Waals surface area contributed by atoms with Crippen LogP contribution >= 0.6 is 11.3 Å². The predicted octanol–water partition coefficient (Wildman–Crippen LogP) is 4.72. The van der Waals surface area contributed by atoms with Crippen LogP contribution in [0.3, 0.4) is 0 Å². The van der Waals surface area contributed by atoms with Crippen molar-refractivity contribution in [2.24, 2.45) is 0 Å². The van der Waals surface area contributed by atoms with Crippen molar-refractivity contribution in [2.75, 3.05) is 25.1 Å². The number of pyridine rings is 1. The van der Waals surface area contributed by atoms with Gasteiger partial charge in [-0.25, -0.2) is 13.4 Å². The quantitative estimate of drug-likeness (QED) is 0.349. The van der Waals surface area contributed by atoms with Crippen LogP contribution in [0.2, 0.25) is 0 Å². The second kappa shape index (κ2) is 10.3. The van der Waals surface area contributed by atoms with E-state index >= 15 is 0 Å². The second-order valence-corrected chi connectivity index (χ2v) is 11.5. The van der Waals surface area contributed by atoms with Crippen LogP contribution in [0.4, 0.5) is 5.13 Å². The number of carbonyl (C=O) groups is 1. The molecular weight excluding hydrogens is 496 g/mol. The van der Waals surface area contributed by atoms with Gasteiger partial charge in [-0.05, 0) is 67.4 Å². The number of ether oxygens (including phenoxy) is 1. The largest absolute Gasteiger partial charge is 0.497 e. The number of amides is 1. The fraction of sp³-hybridized carbons (Fsp3) is 0.269. The Bertz CT molecular complexity index is 1470. The number of nitrogens with zero attached hydrogens (tertiary/aromatic N) is 4. The first-order valence-electron chi connectivity index (χ1n) is 11.7. The minimum atomic E-state index is -3.57. The van der Waals surface area contributed by atoms with E-state index in [-0.39, 0.29) is 17.3 Å². The zero-order chi connectivity index (χ0) is 25.1. The Morgan fingerprint density at radius 2 is 1.83 bits per heavy atom. The van der Waals surface area contributed by atoms with E-state index in [4.69, 9.17) is 4.74 Å². The van der Waals surface area contributed by atoms with Crippen molar-refractivity contribution < 1.29 is 17.9 Å². The first-order chi connectivity index (χ1) is 17.5. The Hall–Kier alpha value is -3.34. The van der Waals surface area contributed by atoms with Gasteiger partial charge in [-0.1, -0.05) is 23.8 Å². The van der Waals surface area contributed by atoms with Gasteiger partial charge in [0.1, 0.15) is 5.75 Å². The zero-order valence-electron chi connectivity index (χ0n) is 19.8. The molecule has 5 rings (SSSR count). The lowest BCUT2D eigenvalue weighted by Gasteiger charge is -2.26. The number of methoxy groups -OCH3 is 1. The Labute approximate surface area is 214 Å². The number of thiazole rings is 1. The van der Waals surface area contributed by atoms with Crippen LogP contribution in [0, 0.1) is 0 Å². The van der Waals surface area contributed by atoms with Crippen LogP contribution in [-0.4, -0.2) is 48.8 Å². The van der Waals surface area contributed by atoms with E-state index in [1.807, 2.05) is 36.4 Å². The minimum absolute atomic E-state index is 0.198. The van der Waals surface area contributed by atoms with Gasteiger partial charge in [0.05, 0.1) is 34.5 Å². The zero-order valence-corrected chi connectivity index (χ0v) is 21.5. The molecule has 1 aliphatic heterocycles. The molecule has 0 spiro atoms. The van der Waals surface area contributed by atoms with Crippen molar-refractivity contribution in [1.82, 2.24) is 14.3 Å². The maximum atomic E-state index is 13.7. The predicted molar refractivity (Wildman–Crippen MR) is 140 cm³/mol. The molecule has 0 unspecified atom stereocenters. The topological polar surface area (TPSA) is 92.7 Å². The summed E-state index contributed by atoms with van der Waals surface area (Å²) in [6.45, 7) is 1.29. The van der Waals surface area contributed by atoms with Crippen molar-refractivity contribution in [1.29, 1.82) is 0 Å². The average Bonchev–Trinajstić information content (AvgIpc) is 3.35. The normalized spacial score (nSPS) is 14.6. The van der Waals surface area contributed by atoms with Crippen LogP contribution in [-0.2, 0) is 16.6 Å². The summed E-state index contributed by atoms with van der Waals surface area (Å²) in [6.07, 6.45) is 4.46. The highest BCUT2D eigenvalue weighted by molar-refractivity contribution is 7.89. The third-order valence-corrected chi connectivity index (χ3v) is 9.11. The lowest BCUT2D eigenvalue weighted by molar-refractivity contribution is 0.0984. The van der Waals surface area contributed by atoms with Crippen LogP contribution in [0.25, 0.3) is 10.2 Å². The van der Waals surface area contributed by atoms with Crippen molar-refractivity contribution in [3.05, 3.63) is 78.1 Å². The highest BCUT2D eigenvalue weighted by Gasteiger charge is 2.27. The molecule has 1 amide bonds. The van der Waals surface area contributed by atoms with Crippen molar-refractivity contribution in [3.63, 3.8) is 0 Å². The van der Waals surface area contributed by atoms with Crippen molar-refractivity contribution in [3.8, 4) is 5.75 Å². The van der Waals surface area contributed by atoms with E-state index in [9.17, 15) is 13.2 Å². The SMILES string of the molecule is COc1ccc2nc(N(Cc3ccccn3)C(=O)c3ccc(S(=O)(=O)N4CCCCC4)cc3)sc2c1. The van der Waals surface area contributed by atoms with Gasteiger partial charge >= 0.3 is 0 Å². The number of fused-ring (bicyclic) bond motifs is 1.